The molecule has 4 rings (SSSR count). The zero-order chi connectivity index (χ0) is 19.8. The van der Waals surface area contributed by atoms with Gasteiger partial charge in [-0.1, -0.05) is 41.9 Å². The van der Waals surface area contributed by atoms with Gasteiger partial charge in [0, 0.05) is 16.6 Å². The maximum absolute atomic E-state index is 13.7. The third-order valence-corrected chi connectivity index (χ3v) is 5.66. The van der Waals surface area contributed by atoms with Crippen LogP contribution in [-0.4, -0.2) is 16.1 Å². The SMILES string of the molecule is O=C(O)C(c1ccc(F)c(Cl)c1)C1C(c2ccc(Br)cn2)=Cc2ccccc21. The van der Waals surface area contributed by atoms with Crippen molar-refractivity contribution >= 4 is 45.1 Å². The van der Waals surface area contributed by atoms with Gasteiger partial charge in [-0.05, 0) is 68.5 Å². The van der Waals surface area contributed by atoms with Crippen molar-refractivity contribution in [3.63, 3.8) is 0 Å². The van der Waals surface area contributed by atoms with Gasteiger partial charge in [-0.15, -0.1) is 0 Å². The molecule has 1 heterocycles. The zero-order valence-corrected chi connectivity index (χ0v) is 16.8. The molecule has 0 fully saturated rings. The highest BCUT2D eigenvalue weighted by molar-refractivity contribution is 9.10. The highest BCUT2D eigenvalue weighted by Crippen LogP contribution is 2.49. The summed E-state index contributed by atoms with van der Waals surface area (Å²) in [6, 6.07) is 15.5. The fourth-order valence-electron chi connectivity index (χ4n) is 3.67. The lowest BCUT2D eigenvalue weighted by atomic mass is 9.78. The number of fused-ring (bicyclic) bond motifs is 1. The molecule has 0 spiro atoms. The van der Waals surface area contributed by atoms with Crippen LogP contribution in [0.15, 0.2) is 65.3 Å². The summed E-state index contributed by atoms with van der Waals surface area (Å²) in [5.74, 6) is -2.98. The van der Waals surface area contributed by atoms with E-state index < -0.39 is 23.6 Å². The van der Waals surface area contributed by atoms with Crippen LogP contribution in [0.3, 0.4) is 0 Å². The molecular weight excluding hydrogens is 445 g/mol. The lowest BCUT2D eigenvalue weighted by molar-refractivity contribution is -0.139. The second-order valence-electron chi connectivity index (χ2n) is 6.56. The Bertz CT molecular complexity index is 1100. The number of benzene rings is 2. The molecule has 0 amide bonds. The molecule has 28 heavy (non-hydrogen) atoms. The van der Waals surface area contributed by atoms with Crippen molar-refractivity contribution in [2.24, 2.45) is 0 Å². The van der Waals surface area contributed by atoms with Gasteiger partial charge in [0.25, 0.3) is 0 Å². The van der Waals surface area contributed by atoms with E-state index in [2.05, 4.69) is 20.9 Å². The number of hydrogen-bond acceptors (Lipinski definition) is 2. The number of nitrogens with zero attached hydrogens (tertiary/aromatic N) is 1. The van der Waals surface area contributed by atoms with Crippen molar-refractivity contribution in [3.8, 4) is 0 Å². The first-order valence-corrected chi connectivity index (χ1v) is 9.73. The number of rotatable bonds is 4. The summed E-state index contributed by atoms with van der Waals surface area (Å²) >= 11 is 9.32. The number of aromatic nitrogens is 1. The Labute approximate surface area is 174 Å². The molecule has 0 aliphatic heterocycles. The van der Waals surface area contributed by atoms with Crippen LogP contribution in [-0.2, 0) is 4.79 Å². The lowest BCUT2D eigenvalue weighted by Crippen LogP contribution is -2.20. The van der Waals surface area contributed by atoms with Crippen LogP contribution < -0.4 is 0 Å². The molecule has 0 radical (unpaired) electrons. The van der Waals surface area contributed by atoms with Gasteiger partial charge >= 0.3 is 5.97 Å². The van der Waals surface area contributed by atoms with Gasteiger partial charge in [0.1, 0.15) is 5.82 Å². The molecule has 0 saturated heterocycles. The number of carboxylic acid groups (broad SMARTS) is 1. The van der Waals surface area contributed by atoms with Crippen LogP contribution in [0.25, 0.3) is 11.6 Å². The molecule has 140 valence electrons. The van der Waals surface area contributed by atoms with Gasteiger partial charge in [0.2, 0.25) is 0 Å². The first-order chi connectivity index (χ1) is 13.5. The molecule has 2 aromatic carbocycles. The monoisotopic (exact) mass is 457 g/mol. The third-order valence-electron chi connectivity index (χ3n) is 4.90. The van der Waals surface area contributed by atoms with E-state index in [1.54, 1.807) is 6.20 Å². The third kappa shape index (κ3) is 3.36. The zero-order valence-electron chi connectivity index (χ0n) is 14.4. The molecule has 2 unspecified atom stereocenters. The molecule has 0 saturated carbocycles. The average Bonchev–Trinajstić information content (AvgIpc) is 3.04. The van der Waals surface area contributed by atoms with E-state index >= 15 is 0 Å². The smallest absolute Gasteiger partial charge is 0.311 e. The minimum atomic E-state index is -1.01. The predicted octanol–water partition coefficient (Wildman–Crippen LogP) is 6.14. The summed E-state index contributed by atoms with van der Waals surface area (Å²) in [6.45, 7) is 0. The molecular formula is C22H14BrClFNO2. The van der Waals surface area contributed by atoms with Crippen molar-refractivity contribution in [3.05, 3.63) is 98.5 Å². The Hall–Kier alpha value is -2.50. The molecule has 3 aromatic rings. The van der Waals surface area contributed by atoms with Crippen molar-refractivity contribution in [1.29, 1.82) is 0 Å². The first kappa shape index (κ1) is 18.8. The van der Waals surface area contributed by atoms with Gasteiger partial charge in [0.15, 0.2) is 0 Å². The summed E-state index contributed by atoms with van der Waals surface area (Å²) in [7, 11) is 0. The van der Waals surface area contributed by atoms with E-state index in [1.165, 1.54) is 18.2 Å². The van der Waals surface area contributed by atoms with Gasteiger partial charge in [-0.2, -0.15) is 0 Å². The highest BCUT2D eigenvalue weighted by Gasteiger charge is 2.38. The number of pyridine rings is 1. The molecule has 0 bridgehead atoms. The van der Waals surface area contributed by atoms with E-state index in [-0.39, 0.29) is 5.02 Å². The molecule has 1 aromatic heterocycles. The van der Waals surface area contributed by atoms with E-state index in [0.29, 0.717) is 11.3 Å². The van der Waals surface area contributed by atoms with Gasteiger partial charge in [-0.25, -0.2) is 4.39 Å². The van der Waals surface area contributed by atoms with Crippen LogP contribution in [0, 0.1) is 5.82 Å². The average molecular weight is 459 g/mol. The quantitative estimate of drug-likeness (QED) is 0.511. The Morgan fingerprint density at radius 3 is 2.64 bits per heavy atom. The van der Waals surface area contributed by atoms with Crippen molar-refractivity contribution < 1.29 is 14.3 Å². The number of carbonyl (C=O) groups is 1. The summed E-state index contributed by atoms with van der Waals surface area (Å²) < 4.78 is 14.5. The minimum absolute atomic E-state index is 0.0951. The summed E-state index contributed by atoms with van der Waals surface area (Å²) in [5.41, 5.74) is 3.80. The summed E-state index contributed by atoms with van der Waals surface area (Å²) in [5, 5.41) is 9.99. The molecule has 1 aliphatic rings. The fraction of sp³-hybridized carbons (Fsp3) is 0.0909. The fourth-order valence-corrected chi connectivity index (χ4v) is 4.10. The van der Waals surface area contributed by atoms with Crippen LogP contribution in [0.2, 0.25) is 5.02 Å². The van der Waals surface area contributed by atoms with Gasteiger partial charge in [-0.3, -0.25) is 9.78 Å². The first-order valence-electron chi connectivity index (χ1n) is 8.56. The predicted molar refractivity (Wildman–Crippen MR) is 111 cm³/mol. The van der Waals surface area contributed by atoms with Crippen molar-refractivity contribution in [2.75, 3.05) is 0 Å². The minimum Gasteiger partial charge on any atom is -0.481 e. The molecule has 6 heteroatoms. The summed E-state index contributed by atoms with van der Waals surface area (Å²) in [6.07, 6.45) is 3.65. The number of allylic oxidation sites excluding steroid dienone is 1. The molecule has 1 N–H and O–H groups in total. The van der Waals surface area contributed by atoms with E-state index in [4.69, 9.17) is 11.6 Å². The second kappa shape index (κ2) is 7.49. The number of halogens is 3. The van der Waals surface area contributed by atoms with E-state index in [1.807, 2.05) is 42.5 Å². The van der Waals surface area contributed by atoms with Crippen molar-refractivity contribution in [1.82, 2.24) is 4.98 Å². The second-order valence-corrected chi connectivity index (χ2v) is 7.88. The highest BCUT2D eigenvalue weighted by atomic mass is 79.9. The van der Waals surface area contributed by atoms with Gasteiger partial charge in [0.05, 0.1) is 16.6 Å². The maximum atomic E-state index is 13.7. The van der Waals surface area contributed by atoms with Crippen LogP contribution in [0.5, 0.6) is 0 Å². The van der Waals surface area contributed by atoms with E-state index in [9.17, 15) is 14.3 Å². The number of aliphatic carboxylic acids is 1. The maximum Gasteiger partial charge on any atom is 0.311 e. The number of hydrogen-bond donors (Lipinski definition) is 1. The summed E-state index contributed by atoms with van der Waals surface area (Å²) in [4.78, 5) is 16.8. The Balaban J connectivity index is 1.89. The molecule has 3 nitrogen and oxygen atoms in total. The van der Waals surface area contributed by atoms with Crippen LogP contribution >= 0.6 is 27.5 Å². The largest absolute Gasteiger partial charge is 0.481 e. The Morgan fingerprint density at radius 2 is 1.96 bits per heavy atom. The molecule has 1 aliphatic carbocycles. The van der Waals surface area contributed by atoms with E-state index in [0.717, 1.165) is 21.2 Å². The van der Waals surface area contributed by atoms with Gasteiger partial charge < -0.3 is 5.11 Å². The number of carboxylic acids is 1. The normalized spacial score (nSPS) is 16.4. The Morgan fingerprint density at radius 1 is 1.18 bits per heavy atom. The topological polar surface area (TPSA) is 50.2 Å². The van der Waals surface area contributed by atoms with Crippen LogP contribution in [0.4, 0.5) is 4.39 Å². The standard InChI is InChI=1S/C22H14BrClFNO2/c23-14-6-8-19(26-11-14)16-9-12-3-1-2-4-15(12)21(16)20(22(27)28)13-5-7-18(25)17(24)10-13/h1-11,20-21H,(H,27,28). The lowest BCUT2D eigenvalue weighted by Gasteiger charge is -2.24. The Kier molecular flexibility index (Phi) is 5.04. The molecule has 2 atom stereocenters. The van der Waals surface area contributed by atoms with Crippen LogP contribution in [0.1, 0.15) is 34.2 Å². The van der Waals surface area contributed by atoms with Crippen molar-refractivity contribution in [2.45, 2.75) is 11.8 Å².